The molecule has 0 rings (SSSR count). The summed E-state index contributed by atoms with van der Waals surface area (Å²) in [4.78, 5) is 58.4. The average Bonchev–Trinajstić information content (AvgIpc) is 2.64. The Labute approximate surface area is 174 Å². The van der Waals surface area contributed by atoms with Crippen LogP contribution in [0, 0.1) is 5.92 Å². The Morgan fingerprint density at radius 2 is 1.66 bits per heavy atom. The summed E-state index contributed by atoms with van der Waals surface area (Å²) < 4.78 is 0. The fraction of sp³-hybridized carbons (Fsp3) is 0.706. The minimum atomic E-state index is -1.17. The first-order chi connectivity index (χ1) is 13.5. The van der Waals surface area contributed by atoms with Crippen LogP contribution in [0.15, 0.2) is 0 Å². The molecule has 4 amide bonds. The van der Waals surface area contributed by atoms with E-state index in [1.165, 1.54) is 11.8 Å². The smallest absolute Gasteiger partial charge is 0.326 e. The van der Waals surface area contributed by atoms with Crippen molar-refractivity contribution in [2.75, 3.05) is 18.6 Å². The van der Waals surface area contributed by atoms with Crippen molar-refractivity contribution >= 4 is 41.4 Å². The van der Waals surface area contributed by atoms with Gasteiger partial charge in [-0.2, -0.15) is 11.8 Å². The Bertz CT molecular complexity index is 601. The van der Waals surface area contributed by atoms with Gasteiger partial charge in [0.1, 0.15) is 12.1 Å². The van der Waals surface area contributed by atoms with Gasteiger partial charge in [-0.15, -0.1) is 0 Å². The van der Waals surface area contributed by atoms with Gasteiger partial charge in [0.25, 0.3) is 0 Å². The highest BCUT2D eigenvalue weighted by atomic mass is 32.2. The Morgan fingerprint density at radius 1 is 1.03 bits per heavy atom. The number of carboxylic acids is 1. The molecule has 0 aliphatic carbocycles. The van der Waals surface area contributed by atoms with Crippen molar-refractivity contribution in [2.24, 2.45) is 17.4 Å². The van der Waals surface area contributed by atoms with Crippen LogP contribution in [0.1, 0.15) is 33.1 Å². The minimum absolute atomic E-state index is 0.0489. The molecule has 0 saturated heterocycles. The van der Waals surface area contributed by atoms with Crippen LogP contribution in [0.25, 0.3) is 0 Å². The number of aliphatic carboxylic acids is 1. The van der Waals surface area contributed by atoms with Gasteiger partial charge in [-0.1, -0.05) is 13.8 Å². The fourth-order valence-electron chi connectivity index (χ4n) is 2.24. The van der Waals surface area contributed by atoms with Crippen molar-refractivity contribution < 1.29 is 29.1 Å². The van der Waals surface area contributed by atoms with Crippen molar-refractivity contribution in [1.29, 1.82) is 0 Å². The third-order valence-electron chi connectivity index (χ3n) is 3.95. The molecule has 0 aromatic rings. The van der Waals surface area contributed by atoms with Gasteiger partial charge >= 0.3 is 5.97 Å². The maximum Gasteiger partial charge on any atom is 0.326 e. The number of nitrogens with two attached hydrogens (primary N) is 2. The summed E-state index contributed by atoms with van der Waals surface area (Å²) in [6, 6.07) is -3.02. The molecular formula is C17H31N5O6S. The van der Waals surface area contributed by atoms with Gasteiger partial charge in [0, 0.05) is 6.42 Å². The molecule has 3 atom stereocenters. The molecule has 0 aromatic heterocycles. The normalized spacial score (nSPS) is 13.8. The van der Waals surface area contributed by atoms with E-state index in [1.54, 1.807) is 13.8 Å². The molecular weight excluding hydrogens is 402 g/mol. The van der Waals surface area contributed by atoms with Gasteiger partial charge in [0.05, 0.1) is 12.6 Å². The summed E-state index contributed by atoms with van der Waals surface area (Å²) in [6.45, 7) is 2.90. The molecule has 29 heavy (non-hydrogen) atoms. The molecule has 0 aromatic carbocycles. The number of amides is 4. The predicted octanol–water partition coefficient (Wildman–Crippen LogP) is -1.84. The van der Waals surface area contributed by atoms with Crippen molar-refractivity contribution in [3.8, 4) is 0 Å². The number of primary amides is 1. The number of hydrogen-bond acceptors (Lipinski definition) is 7. The standard InChI is InChI=1S/C17H31N5O6S/c1-9(2)14(17(27)28)22-16(26)11(6-7-29-3)21-13(24)8-20-15(25)10(18)4-5-12(19)23/h9-11,14H,4-8,18H2,1-3H3,(H2,19,23)(H,20,25)(H,21,24)(H,22,26)(H,27,28). The van der Waals surface area contributed by atoms with E-state index in [0.29, 0.717) is 5.75 Å². The van der Waals surface area contributed by atoms with E-state index >= 15 is 0 Å². The topological polar surface area (TPSA) is 194 Å². The van der Waals surface area contributed by atoms with E-state index in [9.17, 15) is 29.1 Å². The van der Waals surface area contributed by atoms with E-state index in [0.717, 1.165) is 0 Å². The molecule has 0 heterocycles. The van der Waals surface area contributed by atoms with E-state index in [4.69, 9.17) is 11.5 Å². The summed E-state index contributed by atoms with van der Waals surface area (Å²) in [5, 5.41) is 16.5. The van der Waals surface area contributed by atoms with Crippen LogP contribution < -0.4 is 27.4 Å². The molecule has 0 radical (unpaired) electrons. The first kappa shape index (κ1) is 26.7. The highest BCUT2D eigenvalue weighted by Crippen LogP contribution is 2.05. The molecule has 0 aliphatic rings. The molecule has 12 heteroatoms. The lowest BCUT2D eigenvalue weighted by Crippen LogP contribution is -2.54. The summed E-state index contributed by atoms with van der Waals surface area (Å²) in [6.07, 6.45) is 2.11. The molecule has 3 unspecified atom stereocenters. The molecule has 0 spiro atoms. The zero-order valence-corrected chi connectivity index (χ0v) is 17.7. The first-order valence-corrected chi connectivity index (χ1v) is 10.5. The predicted molar refractivity (Wildman–Crippen MR) is 109 cm³/mol. The SMILES string of the molecule is CSCCC(NC(=O)CNC(=O)C(N)CCC(N)=O)C(=O)NC(C(=O)O)C(C)C. The monoisotopic (exact) mass is 433 g/mol. The van der Waals surface area contributed by atoms with Gasteiger partial charge in [0.2, 0.25) is 23.6 Å². The van der Waals surface area contributed by atoms with Crippen LogP contribution in [-0.4, -0.2) is 71.4 Å². The summed E-state index contributed by atoms with van der Waals surface area (Å²) in [5.41, 5.74) is 10.6. The molecule has 11 nitrogen and oxygen atoms in total. The van der Waals surface area contributed by atoms with E-state index in [2.05, 4.69) is 16.0 Å². The van der Waals surface area contributed by atoms with Crippen molar-refractivity contribution in [1.82, 2.24) is 16.0 Å². The minimum Gasteiger partial charge on any atom is -0.480 e. The largest absolute Gasteiger partial charge is 0.480 e. The second-order valence-corrected chi connectivity index (χ2v) is 7.78. The second kappa shape index (κ2) is 13.8. The summed E-state index contributed by atoms with van der Waals surface area (Å²) >= 11 is 1.46. The Balaban J connectivity index is 4.77. The van der Waals surface area contributed by atoms with Crippen molar-refractivity contribution in [3.63, 3.8) is 0 Å². The quantitative estimate of drug-likeness (QED) is 0.184. The average molecular weight is 434 g/mol. The lowest BCUT2D eigenvalue weighted by molar-refractivity contribution is -0.143. The van der Waals surface area contributed by atoms with Crippen LogP contribution in [0.4, 0.5) is 0 Å². The molecule has 0 aliphatic heterocycles. The number of rotatable bonds is 14. The third kappa shape index (κ3) is 11.3. The number of thioether (sulfide) groups is 1. The number of hydrogen-bond donors (Lipinski definition) is 6. The molecule has 8 N–H and O–H groups in total. The zero-order chi connectivity index (χ0) is 22.6. The van der Waals surface area contributed by atoms with Crippen LogP contribution in [0.5, 0.6) is 0 Å². The lowest BCUT2D eigenvalue weighted by Gasteiger charge is -2.23. The number of carboxylic acid groups (broad SMARTS) is 1. The molecule has 166 valence electrons. The number of carbonyl (C=O) groups is 5. The van der Waals surface area contributed by atoms with Crippen LogP contribution in [0.2, 0.25) is 0 Å². The molecule has 0 bridgehead atoms. The zero-order valence-electron chi connectivity index (χ0n) is 16.9. The van der Waals surface area contributed by atoms with Crippen molar-refractivity contribution in [2.45, 2.75) is 51.2 Å². The van der Waals surface area contributed by atoms with E-state index in [-0.39, 0.29) is 25.2 Å². The number of carbonyl (C=O) groups excluding carboxylic acids is 4. The Hall–Kier alpha value is -2.34. The lowest BCUT2D eigenvalue weighted by atomic mass is 10.0. The maximum atomic E-state index is 12.4. The Kier molecular flexibility index (Phi) is 12.7. The summed E-state index contributed by atoms with van der Waals surface area (Å²) in [7, 11) is 0. The molecule has 0 fully saturated rings. The van der Waals surface area contributed by atoms with Gasteiger partial charge < -0.3 is 32.5 Å². The first-order valence-electron chi connectivity index (χ1n) is 9.12. The molecule has 0 saturated carbocycles. The van der Waals surface area contributed by atoms with E-state index < -0.39 is 54.3 Å². The van der Waals surface area contributed by atoms with Gasteiger partial charge in [-0.25, -0.2) is 4.79 Å². The Morgan fingerprint density at radius 3 is 2.14 bits per heavy atom. The third-order valence-corrected chi connectivity index (χ3v) is 4.60. The van der Waals surface area contributed by atoms with Crippen LogP contribution >= 0.6 is 11.8 Å². The number of nitrogens with one attached hydrogen (secondary N) is 3. The van der Waals surface area contributed by atoms with Crippen LogP contribution in [0.3, 0.4) is 0 Å². The highest BCUT2D eigenvalue weighted by Gasteiger charge is 2.28. The summed E-state index contributed by atoms with van der Waals surface area (Å²) in [5.74, 6) is -3.40. The van der Waals surface area contributed by atoms with E-state index in [1.807, 2.05) is 6.26 Å². The van der Waals surface area contributed by atoms with Gasteiger partial charge in [0.15, 0.2) is 0 Å². The fourth-order valence-corrected chi connectivity index (χ4v) is 2.72. The van der Waals surface area contributed by atoms with Crippen molar-refractivity contribution in [3.05, 3.63) is 0 Å². The second-order valence-electron chi connectivity index (χ2n) is 6.80. The van der Waals surface area contributed by atoms with Gasteiger partial charge in [-0.05, 0) is 30.8 Å². The maximum absolute atomic E-state index is 12.4. The van der Waals surface area contributed by atoms with Gasteiger partial charge in [-0.3, -0.25) is 19.2 Å². The van der Waals surface area contributed by atoms with Crippen LogP contribution in [-0.2, 0) is 24.0 Å². The highest BCUT2D eigenvalue weighted by molar-refractivity contribution is 7.98.